The molecule has 1 amide bonds. The largest absolute Gasteiger partial charge is 0.368 e. The van der Waals surface area contributed by atoms with Gasteiger partial charge in [-0.2, -0.15) is 0 Å². The van der Waals surface area contributed by atoms with E-state index in [2.05, 4.69) is 21.2 Å². The number of nitrogens with one attached hydrogen (secondary N) is 1. The lowest BCUT2D eigenvalue weighted by atomic mass is 10.1. The van der Waals surface area contributed by atoms with E-state index in [1.54, 1.807) is 0 Å². The van der Waals surface area contributed by atoms with Gasteiger partial charge in [-0.05, 0) is 24.5 Å². The van der Waals surface area contributed by atoms with Crippen LogP contribution in [0.3, 0.4) is 0 Å². The lowest BCUT2D eigenvalue weighted by Crippen LogP contribution is -2.35. The van der Waals surface area contributed by atoms with Gasteiger partial charge < -0.3 is 5.73 Å². The Morgan fingerprint density at radius 3 is 2.67 bits per heavy atom. The third-order valence-corrected chi connectivity index (χ3v) is 3.20. The zero-order valence-electron chi connectivity index (χ0n) is 8.24. The highest BCUT2D eigenvalue weighted by Gasteiger charge is 2.28. The molecular weight excluding hydrogens is 256 g/mol. The van der Waals surface area contributed by atoms with Crippen molar-refractivity contribution in [2.75, 3.05) is 0 Å². The van der Waals surface area contributed by atoms with E-state index in [0.29, 0.717) is 6.04 Å². The lowest BCUT2D eigenvalue weighted by molar-refractivity contribution is -0.120. The summed E-state index contributed by atoms with van der Waals surface area (Å²) in [5, 5.41) is 3.24. The highest BCUT2D eigenvalue weighted by molar-refractivity contribution is 9.10. The van der Waals surface area contributed by atoms with Crippen molar-refractivity contribution in [3.63, 3.8) is 0 Å². The SMILES string of the molecule is NC(=O)C(NC1CC1)c1ccccc1Br. The van der Waals surface area contributed by atoms with Crippen molar-refractivity contribution >= 4 is 21.8 Å². The first-order valence-corrected chi connectivity index (χ1v) is 5.77. The van der Waals surface area contributed by atoms with E-state index >= 15 is 0 Å². The Morgan fingerprint density at radius 2 is 2.13 bits per heavy atom. The third kappa shape index (κ3) is 2.58. The highest BCUT2D eigenvalue weighted by Crippen LogP contribution is 2.27. The molecule has 0 heterocycles. The van der Waals surface area contributed by atoms with Gasteiger partial charge in [-0.1, -0.05) is 34.1 Å². The van der Waals surface area contributed by atoms with Gasteiger partial charge in [0.2, 0.25) is 5.91 Å². The van der Waals surface area contributed by atoms with Gasteiger partial charge in [-0.3, -0.25) is 10.1 Å². The van der Waals surface area contributed by atoms with Gasteiger partial charge in [0.25, 0.3) is 0 Å². The maximum absolute atomic E-state index is 11.4. The summed E-state index contributed by atoms with van der Waals surface area (Å²) in [6, 6.07) is 7.73. The van der Waals surface area contributed by atoms with Crippen LogP contribution in [0, 0.1) is 0 Å². The van der Waals surface area contributed by atoms with Crippen molar-refractivity contribution in [2.45, 2.75) is 24.9 Å². The van der Waals surface area contributed by atoms with Gasteiger partial charge in [0.1, 0.15) is 6.04 Å². The third-order valence-electron chi connectivity index (χ3n) is 2.48. The molecule has 0 aromatic heterocycles. The molecule has 0 spiro atoms. The molecular formula is C11H13BrN2O. The monoisotopic (exact) mass is 268 g/mol. The molecule has 1 aromatic rings. The standard InChI is InChI=1S/C11H13BrN2O/c12-9-4-2-1-3-8(9)10(11(13)15)14-7-5-6-7/h1-4,7,10,14H,5-6H2,(H2,13,15). The van der Waals surface area contributed by atoms with Gasteiger partial charge in [-0.15, -0.1) is 0 Å². The van der Waals surface area contributed by atoms with E-state index < -0.39 is 0 Å². The van der Waals surface area contributed by atoms with Crippen LogP contribution in [0.5, 0.6) is 0 Å². The summed E-state index contributed by atoms with van der Waals surface area (Å²) in [6.45, 7) is 0. The summed E-state index contributed by atoms with van der Waals surface area (Å²) in [6.07, 6.45) is 2.27. The minimum atomic E-state index is -0.381. The van der Waals surface area contributed by atoms with Crippen molar-refractivity contribution in [3.8, 4) is 0 Å². The number of hydrogen-bond acceptors (Lipinski definition) is 2. The van der Waals surface area contributed by atoms with Crippen LogP contribution < -0.4 is 11.1 Å². The number of nitrogens with two attached hydrogens (primary N) is 1. The summed E-state index contributed by atoms with van der Waals surface area (Å²) in [5.74, 6) is -0.325. The van der Waals surface area contributed by atoms with Crippen molar-refractivity contribution in [1.82, 2.24) is 5.32 Å². The molecule has 1 aliphatic rings. The normalized spacial score (nSPS) is 17.4. The fraction of sp³-hybridized carbons (Fsp3) is 0.364. The molecule has 15 heavy (non-hydrogen) atoms. The minimum Gasteiger partial charge on any atom is -0.368 e. The predicted molar refractivity (Wildman–Crippen MR) is 62.2 cm³/mol. The van der Waals surface area contributed by atoms with Gasteiger partial charge >= 0.3 is 0 Å². The van der Waals surface area contributed by atoms with E-state index in [1.807, 2.05) is 24.3 Å². The molecule has 1 aromatic carbocycles. The molecule has 1 aliphatic carbocycles. The summed E-state index contributed by atoms with van der Waals surface area (Å²) < 4.78 is 0.918. The number of carbonyl (C=O) groups is 1. The van der Waals surface area contributed by atoms with Crippen LogP contribution in [0.4, 0.5) is 0 Å². The zero-order chi connectivity index (χ0) is 10.8. The van der Waals surface area contributed by atoms with E-state index in [9.17, 15) is 4.79 Å². The molecule has 0 aliphatic heterocycles. The first-order chi connectivity index (χ1) is 7.18. The van der Waals surface area contributed by atoms with Crippen molar-refractivity contribution in [2.24, 2.45) is 5.73 Å². The second-order valence-corrected chi connectivity index (χ2v) is 4.65. The van der Waals surface area contributed by atoms with Gasteiger partial charge in [0.15, 0.2) is 0 Å². The second kappa shape index (κ2) is 4.33. The van der Waals surface area contributed by atoms with Crippen LogP contribution in [-0.2, 0) is 4.79 Å². The Labute approximate surface area is 97.2 Å². The van der Waals surface area contributed by atoms with E-state index in [-0.39, 0.29) is 11.9 Å². The Kier molecular flexibility index (Phi) is 3.07. The van der Waals surface area contributed by atoms with Crippen LogP contribution >= 0.6 is 15.9 Å². The number of hydrogen-bond donors (Lipinski definition) is 2. The Balaban J connectivity index is 2.22. The smallest absolute Gasteiger partial charge is 0.239 e. The Bertz CT molecular complexity index is 377. The molecule has 1 saturated carbocycles. The Hall–Kier alpha value is -0.870. The summed E-state index contributed by atoms with van der Waals surface area (Å²) in [4.78, 5) is 11.4. The summed E-state index contributed by atoms with van der Waals surface area (Å²) in [5.41, 5.74) is 6.31. The first kappa shape index (κ1) is 10.6. The topological polar surface area (TPSA) is 55.1 Å². The van der Waals surface area contributed by atoms with Crippen LogP contribution in [-0.4, -0.2) is 11.9 Å². The summed E-state index contributed by atoms with van der Waals surface area (Å²) in [7, 11) is 0. The van der Waals surface area contributed by atoms with E-state index in [0.717, 1.165) is 22.9 Å². The lowest BCUT2D eigenvalue weighted by Gasteiger charge is -2.16. The number of primary amides is 1. The number of benzene rings is 1. The molecule has 1 unspecified atom stereocenters. The molecule has 1 fully saturated rings. The average molecular weight is 269 g/mol. The van der Waals surface area contributed by atoms with Gasteiger partial charge in [0, 0.05) is 10.5 Å². The first-order valence-electron chi connectivity index (χ1n) is 4.98. The van der Waals surface area contributed by atoms with Gasteiger partial charge in [0.05, 0.1) is 0 Å². The summed E-state index contributed by atoms with van der Waals surface area (Å²) >= 11 is 3.43. The molecule has 80 valence electrons. The zero-order valence-corrected chi connectivity index (χ0v) is 9.83. The number of amides is 1. The number of halogens is 1. The van der Waals surface area contributed by atoms with Crippen molar-refractivity contribution in [1.29, 1.82) is 0 Å². The fourth-order valence-electron chi connectivity index (χ4n) is 1.52. The molecule has 2 rings (SSSR count). The quantitative estimate of drug-likeness (QED) is 0.874. The van der Waals surface area contributed by atoms with Crippen molar-refractivity contribution < 1.29 is 4.79 Å². The number of carbonyl (C=O) groups excluding carboxylic acids is 1. The minimum absolute atomic E-state index is 0.325. The maximum atomic E-state index is 11.4. The average Bonchev–Trinajstić information content (AvgIpc) is 2.99. The molecule has 0 saturated heterocycles. The Morgan fingerprint density at radius 1 is 1.47 bits per heavy atom. The van der Waals surface area contributed by atoms with Crippen LogP contribution in [0.1, 0.15) is 24.4 Å². The maximum Gasteiger partial charge on any atom is 0.239 e. The number of rotatable bonds is 4. The molecule has 0 radical (unpaired) electrons. The second-order valence-electron chi connectivity index (χ2n) is 3.80. The molecule has 0 bridgehead atoms. The molecule has 4 heteroatoms. The molecule has 1 atom stereocenters. The fourth-order valence-corrected chi connectivity index (χ4v) is 2.03. The van der Waals surface area contributed by atoms with E-state index in [4.69, 9.17) is 5.73 Å². The van der Waals surface area contributed by atoms with Crippen molar-refractivity contribution in [3.05, 3.63) is 34.3 Å². The molecule has 3 N–H and O–H groups in total. The molecule has 3 nitrogen and oxygen atoms in total. The van der Waals surface area contributed by atoms with Crippen LogP contribution in [0.25, 0.3) is 0 Å². The predicted octanol–water partition coefficient (Wildman–Crippen LogP) is 1.73. The van der Waals surface area contributed by atoms with Gasteiger partial charge in [-0.25, -0.2) is 0 Å². The highest BCUT2D eigenvalue weighted by atomic mass is 79.9. The van der Waals surface area contributed by atoms with E-state index in [1.165, 1.54) is 0 Å². The van der Waals surface area contributed by atoms with Crippen LogP contribution in [0.15, 0.2) is 28.7 Å². The van der Waals surface area contributed by atoms with Crippen LogP contribution in [0.2, 0.25) is 0 Å².